The van der Waals surface area contributed by atoms with Gasteiger partial charge >= 0.3 is 5.97 Å². The molecule has 0 heterocycles. The number of carbonyl (C=O) groups is 4. The second kappa shape index (κ2) is 10.1. The van der Waals surface area contributed by atoms with Gasteiger partial charge < -0.3 is 32.3 Å². The SMILES string of the molecule is NC(=O)CC(NC(=O)C(CO)NC(=O)C(N)Cc1ccccc1)C(=O)O. The number of amides is 3. The smallest absolute Gasteiger partial charge is 0.326 e. The maximum absolute atomic E-state index is 12.1. The summed E-state index contributed by atoms with van der Waals surface area (Å²) >= 11 is 0. The molecular weight excluding hydrogens is 344 g/mol. The van der Waals surface area contributed by atoms with Crippen LogP contribution in [0.5, 0.6) is 0 Å². The molecule has 0 saturated carbocycles. The minimum absolute atomic E-state index is 0.214. The topological polar surface area (TPSA) is 185 Å². The van der Waals surface area contributed by atoms with Crippen LogP contribution in [0.4, 0.5) is 0 Å². The molecule has 0 radical (unpaired) electrons. The zero-order valence-corrected chi connectivity index (χ0v) is 13.9. The van der Waals surface area contributed by atoms with E-state index in [9.17, 15) is 24.3 Å². The van der Waals surface area contributed by atoms with E-state index in [1.54, 1.807) is 24.3 Å². The molecule has 0 aliphatic carbocycles. The number of hydrogen-bond donors (Lipinski definition) is 6. The Labute approximate surface area is 149 Å². The fourth-order valence-corrected chi connectivity index (χ4v) is 2.11. The van der Waals surface area contributed by atoms with E-state index in [1.807, 2.05) is 11.4 Å². The fraction of sp³-hybridized carbons (Fsp3) is 0.375. The lowest BCUT2D eigenvalue weighted by Gasteiger charge is -2.21. The molecule has 1 aromatic rings. The molecule has 3 amide bonds. The maximum Gasteiger partial charge on any atom is 0.326 e. The Bertz CT molecular complexity index is 651. The number of hydrogen-bond acceptors (Lipinski definition) is 6. The highest BCUT2D eigenvalue weighted by Gasteiger charge is 2.28. The number of primary amides is 1. The van der Waals surface area contributed by atoms with Crippen molar-refractivity contribution >= 4 is 23.7 Å². The van der Waals surface area contributed by atoms with Crippen LogP contribution in [0.3, 0.4) is 0 Å². The third kappa shape index (κ3) is 6.87. The second-order valence-electron chi connectivity index (χ2n) is 5.61. The standard InChI is InChI=1S/C16H22N4O6/c17-10(6-9-4-2-1-3-5-9)14(23)20-12(8-21)15(24)19-11(16(25)26)7-13(18)22/h1-5,10-12,21H,6-8,17H2,(H2,18,22)(H,19,24)(H,20,23)(H,25,26). The molecule has 1 rings (SSSR count). The summed E-state index contributed by atoms with van der Waals surface area (Å²) < 4.78 is 0. The van der Waals surface area contributed by atoms with Crippen molar-refractivity contribution in [2.45, 2.75) is 31.0 Å². The van der Waals surface area contributed by atoms with Crippen molar-refractivity contribution in [3.05, 3.63) is 35.9 Å². The third-order valence-corrected chi connectivity index (χ3v) is 3.47. The molecule has 0 aromatic heterocycles. The van der Waals surface area contributed by atoms with E-state index < -0.39 is 54.8 Å². The van der Waals surface area contributed by atoms with E-state index in [1.165, 1.54) is 0 Å². The van der Waals surface area contributed by atoms with Crippen molar-refractivity contribution in [1.82, 2.24) is 10.6 Å². The predicted octanol–water partition coefficient (Wildman–Crippen LogP) is -2.52. The second-order valence-corrected chi connectivity index (χ2v) is 5.61. The largest absolute Gasteiger partial charge is 0.480 e. The molecule has 10 heteroatoms. The Morgan fingerprint density at radius 2 is 1.58 bits per heavy atom. The highest BCUT2D eigenvalue weighted by molar-refractivity contribution is 5.93. The number of aliphatic carboxylic acids is 1. The van der Waals surface area contributed by atoms with Gasteiger partial charge in [0.15, 0.2) is 0 Å². The minimum atomic E-state index is -1.57. The van der Waals surface area contributed by atoms with Crippen molar-refractivity contribution in [3.8, 4) is 0 Å². The van der Waals surface area contributed by atoms with Crippen LogP contribution in [-0.2, 0) is 25.6 Å². The van der Waals surface area contributed by atoms with Crippen molar-refractivity contribution in [2.75, 3.05) is 6.61 Å². The zero-order valence-electron chi connectivity index (χ0n) is 13.9. The van der Waals surface area contributed by atoms with Crippen LogP contribution >= 0.6 is 0 Å². The Morgan fingerprint density at radius 3 is 2.08 bits per heavy atom. The van der Waals surface area contributed by atoms with Crippen LogP contribution in [0.25, 0.3) is 0 Å². The summed E-state index contributed by atoms with van der Waals surface area (Å²) in [5.74, 6) is -4.06. The maximum atomic E-state index is 12.1. The van der Waals surface area contributed by atoms with Gasteiger partial charge in [0.1, 0.15) is 12.1 Å². The number of benzene rings is 1. The van der Waals surface area contributed by atoms with Crippen molar-refractivity contribution in [1.29, 1.82) is 0 Å². The number of rotatable bonds is 10. The van der Waals surface area contributed by atoms with E-state index in [2.05, 4.69) is 5.32 Å². The van der Waals surface area contributed by atoms with E-state index in [0.717, 1.165) is 5.56 Å². The lowest BCUT2D eigenvalue weighted by Crippen LogP contribution is -2.56. The Hall–Kier alpha value is -2.98. The molecule has 3 atom stereocenters. The summed E-state index contributed by atoms with van der Waals surface area (Å²) in [5.41, 5.74) is 11.5. The van der Waals surface area contributed by atoms with Gasteiger partial charge in [0.05, 0.1) is 19.1 Å². The van der Waals surface area contributed by atoms with Gasteiger partial charge in [0.25, 0.3) is 0 Å². The molecule has 26 heavy (non-hydrogen) atoms. The Balaban J connectivity index is 2.66. The third-order valence-electron chi connectivity index (χ3n) is 3.47. The zero-order chi connectivity index (χ0) is 19.7. The van der Waals surface area contributed by atoms with E-state index >= 15 is 0 Å². The molecular formula is C16H22N4O6. The molecule has 10 nitrogen and oxygen atoms in total. The summed E-state index contributed by atoms with van der Waals surface area (Å²) in [6.45, 7) is -0.779. The highest BCUT2D eigenvalue weighted by atomic mass is 16.4. The molecule has 0 bridgehead atoms. The van der Waals surface area contributed by atoms with Gasteiger partial charge in [-0.05, 0) is 12.0 Å². The van der Waals surface area contributed by atoms with Crippen molar-refractivity contribution in [3.63, 3.8) is 0 Å². The molecule has 0 spiro atoms. The molecule has 1 aromatic carbocycles. The first kappa shape index (κ1) is 21.1. The molecule has 142 valence electrons. The first-order chi connectivity index (χ1) is 12.2. The van der Waals surface area contributed by atoms with Crippen molar-refractivity contribution < 1.29 is 29.4 Å². The minimum Gasteiger partial charge on any atom is -0.480 e. The molecule has 0 aliphatic heterocycles. The van der Waals surface area contributed by atoms with E-state index in [-0.39, 0.29) is 6.42 Å². The average Bonchev–Trinajstić information content (AvgIpc) is 2.58. The number of nitrogens with two attached hydrogens (primary N) is 2. The molecule has 0 saturated heterocycles. The van der Waals surface area contributed by atoms with Gasteiger partial charge in [-0.2, -0.15) is 0 Å². The number of aliphatic hydroxyl groups is 1. The van der Waals surface area contributed by atoms with Gasteiger partial charge in [-0.1, -0.05) is 30.3 Å². The van der Waals surface area contributed by atoms with Gasteiger partial charge in [0.2, 0.25) is 17.7 Å². The Kier molecular flexibility index (Phi) is 8.19. The van der Waals surface area contributed by atoms with E-state index in [4.69, 9.17) is 16.6 Å². The molecule has 0 fully saturated rings. The molecule has 8 N–H and O–H groups in total. The first-order valence-electron chi connectivity index (χ1n) is 7.76. The van der Waals surface area contributed by atoms with Crippen LogP contribution in [0.15, 0.2) is 30.3 Å². The molecule has 0 aliphatic rings. The lowest BCUT2D eigenvalue weighted by atomic mass is 10.1. The molecule has 3 unspecified atom stereocenters. The van der Waals surface area contributed by atoms with Crippen LogP contribution in [0.2, 0.25) is 0 Å². The average molecular weight is 366 g/mol. The van der Waals surface area contributed by atoms with Crippen LogP contribution in [0.1, 0.15) is 12.0 Å². The quantitative estimate of drug-likeness (QED) is 0.264. The highest BCUT2D eigenvalue weighted by Crippen LogP contribution is 2.02. The van der Waals surface area contributed by atoms with Crippen LogP contribution in [-0.4, -0.2) is 58.6 Å². The Morgan fingerprint density at radius 1 is 1.00 bits per heavy atom. The van der Waals surface area contributed by atoms with Gasteiger partial charge in [-0.3, -0.25) is 14.4 Å². The summed E-state index contributed by atoms with van der Waals surface area (Å²) in [4.78, 5) is 46.0. The number of nitrogens with one attached hydrogen (secondary N) is 2. The first-order valence-corrected chi connectivity index (χ1v) is 7.76. The van der Waals surface area contributed by atoms with E-state index in [0.29, 0.717) is 0 Å². The van der Waals surface area contributed by atoms with Crippen molar-refractivity contribution in [2.24, 2.45) is 11.5 Å². The van der Waals surface area contributed by atoms with Gasteiger partial charge in [0, 0.05) is 0 Å². The number of carbonyl (C=O) groups excluding carboxylic acids is 3. The van der Waals surface area contributed by atoms with Crippen LogP contribution in [0, 0.1) is 0 Å². The normalized spacial score (nSPS) is 13.9. The lowest BCUT2D eigenvalue weighted by molar-refractivity contribution is -0.144. The summed E-state index contributed by atoms with van der Waals surface area (Å²) in [5, 5.41) is 22.5. The van der Waals surface area contributed by atoms with Gasteiger partial charge in [-0.25, -0.2) is 4.79 Å². The number of carboxylic acids is 1. The summed E-state index contributed by atoms with van der Waals surface area (Å²) in [7, 11) is 0. The predicted molar refractivity (Wildman–Crippen MR) is 90.5 cm³/mol. The fourth-order valence-electron chi connectivity index (χ4n) is 2.11. The summed E-state index contributed by atoms with van der Waals surface area (Å²) in [6.07, 6.45) is -0.410. The summed E-state index contributed by atoms with van der Waals surface area (Å²) in [6, 6.07) is 4.99. The monoisotopic (exact) mass is 366 g/mol. The van der Waals surface area contributed by atoms with Crippen LogP contribution < -0.4 is 22.1 Å². The van der Waals surface area contributed by atoms with Gasteiger partial charge in [-0.15, -0.1) is 0 Å². The number of aliphatic hydroxyl groups excluding tert-OH is 1. The number of carboxylic acid groups (broad SMARTS) is 1.